The summed E-state index contributed by atoms with van der Waals surface area (Å²) in [6.45, 7) is 2.47. The van der Waals surface area contributed by atoms with Crippen LogP contribution in [0.4, 0.5) is 5.82 Å². The molecule has 0 aliphatic carbocycles. The van der Waals surface area contributed by atoms with E-state index in [4.69, 9.17) is 10.5 Å². The van der Waals surface area contributed by atoms with Gasteiger partial charge in [-0.1, -0.05) is 13.3 Å². The molecular weight excluding hydrogens is 170 g/mol. The smallest absolute Gasteiger partial charge is 0.356 e. The monoisotopic (exact) mass is 183 g/mol. The molecular formula is C8H13N3O2. The van der Waals surface area contributed by atoms with Crippen molar-refractivity contribution < 1.29 is 9.53 Å². The highest BCUT2D eigenvalue weighted by Crippen LogP contribution is 2.02. The van der Waals surface area contributed by atoms with E-state index in [1.54, 1.807) is 0 Å². The number of H-pyrrole nitrogens is 1. The van der Waals surface area contributed by atoms with Crippen molar-refractivity contribution in [1.29, 1.82) is 0 Å². The first-order chi connectivity index (χ1) is 6.24. The molecule has 0 atom stereocenters. The van der Waals surface area contributed by atoms with Gasteiger partial charge >= 0.3 is 5.97 Å². The summed E-state index contributed by atoms with van der Waals surface area (Å²) in [5, 5.41) is 6.10. The first kappa shape index (κ1) is 9.57. The molecule has 3 N–H and O–H groups in total. The number of aromatic nitrogens is 2. The second-order valence-electron chi connectivity index (χ2n) is 2.70. The lowest BCUT2D eigenvalue weighted by molar-refractivity contribution is 0.0493. The summed E-state index contributed by atoms with van der Waals surface area (Å²) in [6, 6.07) is 1.45. The van der Waals surface area contributed by atoms with Crippen LogP contribution in [-0.4, -0.2) is 22.8 Å². The van der Waals surface area contributed by atoms with E-state index in [1.807, 2.05) is 6.92 Å². The number of esters is 1. The summed E-state index contributed by atoms with van der Waals surface area (Å²) in [7, 11) is 0. The molecule has 1 heterocycles. The van der Waals surface area contributed by atoms with E-state index in [9.17, 15) is 4.79 Å². The first-order valence-corrected chi connectivity index (χ1v) is 4.22. The van der Waals surface area contributed by atoms with Crippen LogP contribution in [0.3, 0.4) is 0 Å². The SMILES string of the molecule is CCCCOC(=O)c1cc(N)n[nH]1. The number of carbonyl (C=O) groups is 1. The van der Waals surface area contributed by atoms with E-state index in [0.717, 1.165) is 12.8 Å². The van der Waals surface area contributed by atoms with E-state index >= 15 is 0 Å². The average molecular weight is 183 g/mol. The minimum Gasteiger partial charge on any atom is -0.461 e. The van der Waals surface area contributed by atoms with Gasteiger partial charge in [-0.3, -0.25) is 5.10 Å². The van der Waals surface area contributed by atoms with Crippen LogP contribution in [0.5, 0.6) is 0 Å². The zero-order valence-electron chi connectivity index (χ0n) is 7.54. The molecule has 0 aliphatic heterocycles. The highest BCUT2D eigenvalue weighted by atomic mass is 16.5. The summed E-state index contributed by atoms with van der Waals surface area (Å²) in [5.74, 6) is -0.111. The molecule has 0 fully saturated rings. The number of carbonyl (C=O) groups excluding carboxylic acids is 1. The third kappa shape index (κ3) is 2.77. The Morgan fingerprint density at radius 2 is 2.54 bits per heavy atom. The van der Waals surface area contributed by atoms with Crippen LogP contribution >= 0.6 is 0 Å². The van der Waals surface area contributed by atoms with Crippen LogP contribution in [0.1, 0.15) is 30.3 Å². The number of aromatic amines is 1. The Kier molecular flexibility index (Phi) is 3.31. The van der Waals surface area contributed by atoms with Gasteiger partial charge in [0.2, 0.25) is 0 Å². The Morgan fingerprint density at radius 1 is 1.77 bits per heavy atom. The lowest BCUT2D eigenvalue weighted by atomic mass is 10.3. The highest BCUT2D eigenvalue weighted by molar-refractivity contribution is 5.87. The molecule has 0 unspecified atom stereocenters. The largest absolute Gasteiger partial charge is 0.461 e. The fourth-order valence-corrected chi connectivity index (χ4v) is 0.829. The summed E-state index contributed by atoms with van der Waals surface area (Å²) < 4.78 is 4.92. The molecule has 0 saturated heterocycles. The minimum absolute atomic E-state index is 0.294. The highest BCUT2D eigenvalue weighted by Gasteiger charge is 2.08. The molecule has 1 aromatic rings. The van der Waals surface area contributed by atoms with Crippen LogP contribution in [-0.2, 0) is 4.74 Å². The summed E-state index contributed by atoms with van der Waals surface area (Å²) in [5.41, 5.74) is 5.62. The first-order valence-electron chi connectivity index (χ1n) is 4.22. The molecule has 1 rings (SSSR count). The maximum atomic E-state index is 11.2. The number of nitrogens with zero attached hydrogens (tertiary/aromatic N) is 1. The third-order valence-electron chi connectivity index (χ3n) is 1.55. The predicted octanol–water partition coefficient (Wildman–Crippen LogP) is 0.949. The van der Waals surface area contributed by atoms with Crippen LogP contribution in [0.25, 0.3) is 0 Å². The van der Waals surface area contributed by atoms with E-state index in [-0.39, 0.29) is 0 Å². The second kappa shape index (κ2) is 4.49. The molecule has 0 radical (unpaired) electrons. The van der Waals surface area contributed by atoms with Crippen molar-refractivity contribution in [3.8, 4) is 0 Å². The number of hydrogen-bond donors (Lipinski definition) is 2. The topological polar surface area (TPSA) is 81.0 Å². The van der Waals surface area contributed by atoms with Gasteiger partial charge in [-0.2, -0.15) is 5.10 Å². The average Bonchev–Trinajstić information content (AvgIpc) is 2.52. The number of nitrogens with two attached hydrogens (primary N) is 1. The lowest BCUT2D eigenvalue weighted by Crippen LogP contribution is -2.06. The summed E-state index contributed by atoms with van der Waals surface area (Å²) >= 11 is 0. The molecule has 72 valence electrons. The molecule has 0 aliphatic rings. The van der Waals surface area contributed by atoms with Crippen molar-refractivity contribution in [3.05, 3.63) is 11.8 Å². The van der Waals surface area contributed by atoms with Crippen LogP contribution in [0.2, 0.25) is 0 Å². The van der Waals surface area contributed by atoms with Gasteiger partial charge in [0.05, 0.1) is 6.61 Å². The van der Waals surface area contributed by atoms with Gasteiger partial charge in [-0.05, 0) is 6.42 Å². The van der Waals surface area contributed by atoms with E-state index in [0.29, 0.717) is 18.1 Å². The maximum absolute atomic E-state index is 11.2. The molecule has 5 nitrogen and oxygen atoms in total. The van der Waals surface area contributed by atoms with Crippen LogP contribution < -0.4 is 5.73 Å². The van der Waals surface area contributed by atoms with Gasteiger partial charge in [0.15, 0.2) is 0 Å². The second-order valence-corrected chi connectivity index (χ2v) is 2.70. The summed E-state index contributed by atoms with van der Waals surface area (Å²) in [4.78, 5) is 11.2. The van der Waals surface area contributed by atoms with Gasteiger partial charge in [0.25, 0.3) is 0 Å². The van der Waals surface area contributed by atoms with Crippen molar-refractivity contribution in [2.24, 2.45) is 0 Å². The number of rotatable bonds is 4. The number of nitrogen functional groups attached to an aromatic ring is 1. The van der Waals surface area contributed by atoms with Gasteiger partial charge < -0.3 is 10.5 Å². The Bertz CT molecular complexity index is 283. The Labute approximate surface area is 76.3 Å². The molecule has 0 saturated carbocycles. The van der Waals surface area contributed by atoms with Gasteiger partial charge in [0, 0.05) is 6.07 Å². The van der Waals surface area contributed by atoms with Gasteiger partial charge in [-0.25, -0.2) is 4.79 Å². The van der Waals surface area contributed by atoms with E-state index in [1.165, 1.54) is 6.07 Å². The number of ether oxygens (including phenoxy) is 1. The van der Waals surface area contributed by atoms with Crippen molar-refractivity contribution >= 4 is 11.8 Å². The molecule has 0 aromatic carbocycles. The Hall–Kier alpha value is -1.52. The van der Waals surface area contributed by atoms with Gasteiger partial charge in [-0.15, -0.1) is 0 Å². The molecule has 0 amide bonds. The van der Waals surface area contributed by atoms with Crippen molar-refractivity contribution in [2.75, 3.05) is 12.3 Å². The third-order valence-corrected chi connectivity index (χ3v) is 1.55. The lowest BCUT2D eigenvalue weighted by Gasteiger charge is -2.00. The molecule has 0 bridgehead atoms. The Morgan fingerprint density at radius 3 is 3.08 bits per heavy atom. The fourth-order valence-electron chi connectivity index (χ4n) is 0.829. The molecule has 13 heavy (non-hydrogen) atoms. The van der Waals surface area contributed by atoms with E-state index in [2.05, 4.69) is 10.2 Å². The Balaban J connectivity index is 2.40. The van der Waals surface area contributed by atoms with E-state index < -0.39 is 5.97 Å². The summed E-state index contributed by atoms with van der Waals surface area (Å²) in [6.07, 6.45) is 1.87. The zero-order valence-corrected chi connectivity index (χ0v) is 7.54. The standard InChI is InChI=1S/C8H13N3O2/c1-2-3-4-13-8(12)6-5-7(9)11-10-6/h5H,2-4H2,1H3,(H3,9,10,11). The predicted molar refractivity (Wildman–Crippen MR) is 48.2 cm³/mol. The van der Waals surface area contributed by atoms with Crippen molar-refractivity contribution in [1.82, 2.24) is 10.2 Å². The molecule has 1 aromatic heterocycles. The fraction of sp³-hybridized carbons (Fsp3) is 0.500. The number of hydrogen-bond acceptors (Lipinski definition) is 4. The van der Waals surface area contributed by atoms with Crippen molar-refractivity contribution in [2.45, 2.75) is 19.8 Å². The normalized spacial score (nSPS) is 9.92. The number of unbranched alkanes of at least 4 members (excludes halogenated alkanes) is 1. The molecule has 5 heteroatoms. The van der Waals surface area contributed by atoms with Gasteiger partial charge in [0.1, 0.15) is 11.5 Å². The molecule has 0 spiro atoms. The van der Waals surface area contributed by atoms with Crippen LogP contribution in [0.15, 0.2) is 6.07 Å². The minimum atomic E-state index is -0.405. The number of anilines is 1. The van der Waals surface area contributed by atoms with Crippen molar-refractivity contribution in [3.63, 3.8) is 0 Å². The zero-order chi connectivity index (χ0) is 9.68. The quantitative estimate of drug-likeness (QED) is 0.538. The maximum Gasteiger partial charge on any atom is 0.356 e. The number of nitrogens with one attached hydrogen (secondary N) is 1. The van der Waals surface area contributed by atoms with Crippen LogP contribution in [0, 0.1) is 0 Å².